The van der Waals surface area contributed by atoms with Crippen LogP contribution >= 0.6 is 11.3 Å². The zero-order valence-corrected chi connectivity index (χ0v) is 16.0. The van der Waals surface area contributed by atoms with Crippen LogP contribution in [0, 0.1) is 11.8 Å². The number of ether oxygens (including phenoxy) is 2. The lowest BCUT2D eigenvalue weighted by molar-refractivity contribution is -0.121. The number of amides is 2. The van der Waals surface area contributed by atoms with Crippen LogP contribution in [-0.4, -0.2) is 77.8 Å². The maximum Gasteiger partial charge on any atom is 0.410 e. The molecule has 8 nitrogen and oxygen atoms in total. The molecule has 2 amide bonds. The van der Waals surface area contributed by atoms with Gasteiger partial charge in [-0.3, -0.25) is 14.6 Å². The fourth-order valence-corrected chi connectivity index (χ4v) is 5.89. The molecule has 0 saturated carbocycles. The summed E-state index contributed by atoms with van der Waals surface area (Å²) in [6.07, 6.45) is 3.88. The van der Waals surface area contributed by atoms with Gasteiger partial charge in [0.25, 0.3) is 0 Å². The molecule has 146 valence electrons. The topological polar surface area (TPSA) is 84.0 Å². The van der Waals surface area contributed by atoms with Crippen molar-refractivity contribution in [3.8, 4) is 0 Å². The van der Waals surface area contributed by atoms with Gasteiger partial charge in [0.15, 0.2) is 0 Å². The average Bonchev–Trinajstić information content (AvgIpc) is 3.42. The van der Waals surface area contributed by atoms with Crippen LogP contribution in [-0.2, 0) is 20.8 Å². The van der Waals surface area contributed by atoms with E-state index in [4.69, 9.17) is 9.47 Å². The number of nitrogens with one attached hydrogen (secondary N) is 1. The monoisotopic (exact) mass is 392 g/mol. The van der Waals surface area contributed by atoms with E-state index in [1.165, 1.54) is 4.90 Å². The van der Waals surface area contributed by atoms with E-state index in [1.54, 1.807) is 11.3 Å². The van der Waals surface area contributed by atoms with Crippen molar-refractivity contribution < 1.29 is 19.1 Å². The van der Waals surface area contributed by atoms with E-state index < -0.39 is 6.09 Å². The van der Waals surface area contributed by atoms with Gasteiger partial charge >= 0.3 is 6.09 Å². The van der Waals surface area contributed by atoms with Gasteiger partial charge in [-0.1, -0.05) is 0 Å². The number of fused-ring (bicyclic) bond motifs is 1. The van der Waals surface area contributed by atoms with Gasteiger partial charge in [-0.15, -0.1) is 11.3 Å². The molecule has 2 bridgehead atoms. The molecule has 1 N–H and O–H groups in total. The third kappa shape index (κ3) is 3.11. The number of thiazole rings is 1. The first kappa shape index (κ1) is 17.4. The van der Waals surface area contributed by atoms with E-state index in [9.17, 15) is 9.59 Å². The molecule has 1 spiro atoms. The van der Waals surface area contributed by atoms with Crippen molar-refractivity contribution in [1.29, 1.82) is 0 Å². The fraction of sp³-hybridized carbons (Fsp3) is 0.722. The number of nitrogens with zero attached hydrogens (tertiary/aromatic N) is 3. The minimum Gasteiger partial charge on any atom is -0.448 e. The summed E-state index contributed by atoms with van der Waals surface area (Å²) in [6, 6.07) is 0. The molecular formula is C18H24N4O4S. The summed E-state index contributed by atoms with van der Waals surface area (Å²) < 4.78 is 11.3. The van der Waals surface area contributed by atoms with Gasteiger partial charge < -0.3 is 14.8 Å². The molecule has 27 heavy (non-hydrogen) atoms. The highest BCUT2D eigenvalue weighted by molar-refractivity contribution is 7.09. The molecule has 4 atom stereocenters. The summed E-state index contributed by atoms with van der Waals surface area (Å²) in [5.74, 6) is 0.672. The molecule has 9 heteroatoms. The second kappa shape index (κ2) is 6.72. The third-order valence-electron chi connectivity index (χ3n) is 6.41. The van der Waals surface area contributed by atoms with Gasteiger partial charge in [-0.05, 0) is 12.8 Å². The average molecular weight is 392 g/mol. The van der Waals surface area contributed by atoms with Crippen molar-refractivity contribution in [1.82, 2.24) is 20.1 Å². The minimum absolute atomic E-state index is 0.0456. The van der Waals surface area contributed by atoms with Crippen LogP contribution in [0.4, 0.5) is 4.79 Å². The lowest BCUT2D eigenvalue weighted by Crippen LogP contribution is -2.44. The Morgan fingerprint density at radius 1 is 1.48 bits per heavy atom. The van der Waals surface area contributed by atoms with E-state index in [0.29, 0.717) is 31.5 Å². The highest BCUT2D eigenvalue weighted by atomic mass is 32.1. The number of rotatable bonds is 6. The predicted molar refractivity (Wildman–Crippen MR) is 97.1 cm³/mol. The lowest BCUT2D eigenvalue weighted by Gasteiger charge is -2.29. The Bertz CT molecular complexity index is 729. The first-order chi connectivity index (χ1) is 13.1. The SMILES string of the molecule is O=C(CN1CCOC1=O)NC[C@H]1[C@H]2CN(Cc3nccs3)C[C@]23CC[C@H]1O3. The van der Waals surface area contributed by atoms with Gasteiger partial charge in [-0.25, -0.2) is 9.78 Å². The molecule has 1 aromatic rings. The molecule has 4 aliphatic heterocycles. The summed E-state index contributed by atoms with van der Waals surface area (Å²) in [5.41, 5.74) is -0.0456. The number of hydrogen-bond donors (Lipinski definition) is 1. The van der Waals surface area contributed by atoms with E-state index >= 15 is 0 Å². The molecule has 5 rings (SSSR count). The highest BCUT2D eigenvalue weighted by Crippen LogP contribution is 2.54. The molecule has 1 aromatic heterocycles. The number of likely N-dealkylation sites (tertiary alicyclic amines) is 1. The normalized spacial score (nSPS) is 34.9. The number of hydrogen-bond acceptors (Lipinski definition) is 7. The lowest BCUT2D eigenvalue weighted by atomic mass is 9.73. The summed E-state index contributed by atoms with van der Waals surface area (Å²) in [5, 5.41) is 6.19. The maximum absolute atomic E-state index is 12.3. The van der Waals surface area contributed by atoms with Crippen molar-refractivity contribution in [3.05, 3.63) is 16.6 Å². The van der Waals surface area contributed by atoms with Crippen LogP contribution < -0.4 is 5.32 Å². The van der Waals surface area contributed by atoms with E-state index in [1.807, 2.05) is 11.6 Å². The molecular weight excluding hydrogens is 368 g/mol. The molecule has 4 aliphatic rings. The highest BCUT2D eigenvalue weighted by Gasteiger charge is 2.62. The standard InChI is InChI=1S/C18H24N4O4S/c23-15(9-22-4-5-25-17(22)24)20-7-12-13-8-21(10-16-19-3-6-27-16)11-18(13)2-1-14(12)26-18/h3,6,12-14H,1-2,4-5,7-11H2,(H,20,23)/t12-,13+,14+,18+/m0/s1. The first-order valence-corrected chi connectivity index (χ1v) is 10.5. The Labute approximate surface area is 161 Å². The quantitative estimate of drug-likeness (QED) is 0.767. The van der Waals surface area contributed by atoms with Gasteiger partial charge in [0.2, 0.25) is 5.91 Å². The second-order valence-electron chi connectivity index (χ2n) is 7.97. The Balaban J connectivity index is 1.18. The maximum atomic E-state index is 12.3. The van der Waals surface area contributed by atoms with Crippen LogP contribution in [0.2, 0.25) is 0 Å². The van der Waals surface area contributed by atoms with Gasteiger partial charge in [0, 0.05) is 43.0 Å². The van der Waals surface area contributed by atoms with Gasteiger partial charge in [-0.2, -0.15) is 0 Å². The zero-order chi connectivity index (χ0) is 18.4. The number of carbonyl (C=O) groups excluding carboxylic acids is 2. The molecule has 5 heterocycles. The van der Waals surface area contributed by atoms with Crippen molar-refractivity contribution in [2.45, 2.75) is 31.1 Å². The van der Waals surface area contributed by atoms with Gasteiger partial charge in [0.05, 0.1) is 24.8 Å². The molecule has 0 unspecified atom stereocenters. The Morgan fingerprint density at radius 3 is 3.19 bits per heavy atom. The summed E-state index contributed by atoms with van der Waals surface area (Å²) in [6.45, 7) is 4.36. The van der Waals surface area contributed by atoms with Gasteiger partial charge in [0.1, 0.15) is 18.2 Å². The molecule has 0 aliphatic carbocycles. The number of aromatic nitrogens is 1. The van der Waals surface area contributed by atoms with Crippen LogP contribution in [0.1, 0.15) is 17.8 Å². The van der Waals surface area contributed by atoms with Crippen LogP contribution in [0.15, 0.2) is 11.6 Å². The Morgan fingerprint density at radius 2 is 2.41 bits per heavy atom. The third-order valence-corrected chi connectivity index (χ3v) is 7.18. The van der Waals surface area contributed by atoms with Crippen molar-refractivity contribution in [2.24, 2.45) is 11.8 Å². The van der Waals surface area contributed by atoms with E-state index in [-0.39, 0.29) is 24.2 Å². The second-order valence-corrected chi connectivity index (χ2v) is 8.94. The molecule has 0 radical (unpaired) electrons. The molecule has 0 aromatic carbocycles. The van der Waals surface area contributed by atoms with Crippen LogP contribution in [0.5, 0.6) is 0 Å². The van der Waals surface area contributed by atoms with Crippen LogP contribution in [0.25, 0.3) is 0 Å². The van der Waals surface area contributed by atoms with E-state index in [0.717, 1.165) is 37.5 Å². The fourth-order valence-electron chi connectivity index (χ4n) is 5.23. The first-order valence-electron chi connectivity index (χ1n) is 9.60. The Hall–Kier alpha value is -1.71. The van der Waals surface area contributed by atoms with Crippen molar-refractivity contribution >= 4 is 23.3 Å². The van der Waals surface area contributed by atoms with Crippen molar-refractivity contribution in [3.63, 3.8) is 0 Å². The Kier molecular flexibility index (Phi) is 4.33. The summed E-state index contributed by atoms with van der Waals surface area (Å²) >= 11 is 1.69. The summed E-state index contributed by atoms with van der Waals surface area (Å²) in [7, 11) is 0. The minimum atomic E-state index is -0.402. The largest absolute Gasteiger partial charge is 0.448 e. The van der Waals surface area contributed by atoms with Crippen LogP contribution in [0.3, 0.4) is 0 Å². The number of cyclic esters (lactones) is 1. The van der Waals surface area contributed by atoms with E-state index in [2.05, 4.69) is 15.2 Å². The number of carbonyl (C=O) groups is 2. The zero-order valence-electron chi connectivity index (χ0n) is 15.1. The molecule has 4 saturated heterocycles. The summed E-state index contributed by atoms with van der Waals surface area (Å²) in [4.78, 5) is 32.0. The predicted octanol–water partition coefficient (Wildman–Crippen LogP) is 0.691. The molecule has 4 fully saturated rings. The van der Waals surface area contributed by atoms with Crippen molar-refractivity contribution in [2.75, 3.05) is 39.3 Å². The smallest absolute Gasteiger partial charge is 0.410 e.